The molecule has 1 fully saturated rings. The second-order valence-corrected chi connectivity index (χ2v) is 7.44. The van der Waals surface area contributed by atoms with Crippen molar-refractivity contribution in [1.82, 2.24) is 9.88 Å². The third-order valence-electron chi connectivity index (χ3n) is 4.85. The van der Waals surface area contributed by atoms with Crippen molar-refractivity contribution in [2.45, 2.75) is 6.42 Å². The van der Waals surface area contributed by atoms with E-state index >= 15 is 0 Å². The molecule has 0 radical (unpaired) electrons. The minimum Gasteiger partial charge on any atom is -0.367 e. The van der Waals surface area contributed by atoms with Gasteiger partial charge in [-0.3, -0.25) is 19.9 Å². The molecule has 0 N–H and O–H groups in total. The van der Waals surface area contributed by atoms with Gasteiger partial charge in [0.15, 0.2) is 0 Å². The number of carbonyl (C=O) groups is 1. The monoisotopic (exact) mass is 382 g/mol. The van der Waals surface area contributed by atoms with Crippen molar-refractivity contribution in [1.29, 1.82) is 0 Å². The standard InChI is InChI=1S/C19H18N4O3S/c24-19(12-14-2-1-11-27-14)22-9-7-21(8-10-22)17-3-4-18(23(25)26)16-13-20-6-5-15(16)17/h1-6,11,13H,7-10,12H2. The summed E-state index contributed by atoms with van der Waals surface area (Å²) in [6.07, 6.45) is 3.64. The van der Waals surface area contributed by atoms with Gasteiger partial charge in [0.05, 0.1) is 16.7 Å². The first kappa shape index (κ1) is 17.4. The number of thiophene rings is 1. The van der Waals surface area contributed by atoms with Crippen LogP contribution in [0, 0.1) is 10.1 Å². The third-order valence-corrected chi connectivity index (χ3v) is 5.72. The molecule has 3 heterocycles. The second kappa shape index (κ2) is 7.32. The normalized spacial score (nSPS) is 14.5. The second-order valence-electron chi connectivity index (χ2n) is 6.41. The van der Waals surface area contributed by atoms with Gasteiger partial charge in [-0.15, -0.1) is 11.3 Å². The van der Waals surface area contributed by atoms with Gasteiger partial charge < -0.3 is 9.80 Å². The number of hydrogen-bond donors (Lipinski definition) is 0. The van der Waals surface area contributed by atoms with Crippen LogP contribution in [0.4, 0.5) is 11.4 Å². The summed E-state index contributed by atoms with van der Waals surface area (Å²) in [5.41, 5.74) is 1.01. The highest BCUT2D eigenvalue weighted by atomic mass is 32.1. The molecule has 1 aliphatic heterocycles. The first-order chi connectivity index (χ1) is 13.1. The zero-order valence-corrected chi connectivity index (χ0v) is 15.4. The molecule has 0 aliphatic carbocycles. The molecule has 8 heteroatoms. The number of piperazine rings is 1. The van der Waals surface area contributed by atoms with E-state index < -0.39 is 0 Å². The van der Waals surface area contributed by atoms with Crippen LogP contribution in [-0.2, 0) is 11.2 Å². The van der Waals surface area contributed by atoms with E-state index in [1.165, 1.54) is 12.3 Å². The number of benzene rings is 1. The lowest BCUT2D eigenvalue weighted by Gasteiger charge is -2.36. The van der Waals surface area contributed by atoms with Crippen molar-refractivity contribution in [2.75, 3.05) is 31.1 Å². The van der Waals surface area contributed by atoms with E-state index in [1.54, 1.807) is 23.6 Å². The maximum atomic E-state index is 12.5. The van der Waals surface area contributed by atoms with E-state index in [0.717, 1.165) is 16.0 Å². The summed E-state index contributed by atoms with van der Waals surface area (Å²) in [4.78, 5) is 32.6. The molecule has 0 atom stereocenters. The molecule has 1 amide bonds. The summed E-state index contributed by atoms with van der Waals surface area (Å²) < 4.78 is 0. The molecule has 7 nitrogen and oxygen atoms in total. The molecular weight excluding hydrogens is 364 g/mol. The number of non-ortho nitro benzene ring substituents is 1. The van der Waals surface area contributed by atoms with E-state index in [2.05, 4.69) is 9.88 Å². The van der Waals surface area contributed by atoms with Crippen molar-refractivity contribution in [3.63, 3.8) is 0 Å². The van der Waals surface area contributed by atoms with Crippen LogP contribution in [0.15, 0.2) is 48.1 Å². The summed E-state index contributed by atoms with van der Waals surface area (Å²) in [6.45, 7) is 2.69. The fraction of sp³-hybridized carbons (Fsp3) is 0.263. The summed E-state index contributed by atoms with van der Waals surface area (Å²) in [6, 6.07) is 9.08. The number of carbonyl (C=O) groups excluding carboxylic acids is 1. The van der Waals surface area contributed by atoms with Gasteiger partial charge >= 0.3 is 0 Å². The largest absolute Gasteiger partial charge is 0.367 e. The molecule has 138 valence electrons. The van der Waals surface area contributed by atoms with Crippen LogP contribution < -0.4 is 4.90 Å². The predicted molar refractivity (Wildman–Crippen MR) is 105 cm³/mol. The van der Waals surface area contributed by atoms with Gasteiger partial charge in [0.1, 0.15) is 0 Å². The van der Waals surface area contributed by atoms with Crippen molar-refractivity contribution in [3.8, 4) is 0 Å². The fourth-order valence-corrected chi connectivity index (χ4v) is 4.16. The van der Waals surface area contributed by atoms with Crippen molar-refractivity contribution in [3.05, 3.63) is 63.1 Å². The van der Waals surface area contributed by atoms with Crippen LogP contribution in [0.2, 0.25) is 0 Å². The Kier molecular flexibility index (Phi) is 4.72. The number of aromatic nitrogens is 1. The number of hydrogen-bond acceptors (Lipinski definition) is 6. The van der Waals surface area contributed by atoms with E-state index in [4.69, 9.17) is 0 Å². The predicted octanol–water partition coefficient (Wildman–Crippen LogP) is 3.10. The number of nitro groups is 1. The molecule has 4 rings (SSSR count). The summed E-state index contributed by atoms with van der Waals surface area (Å²) in [5, 5.41) is 14.6. The molecule has 27 heavy (non-hydrogen) atoms. The van der Waals surface area contributed by atoms with E-state index in [1.807, 2.05) is 28.5 Å². The van der Waals surface area contributed by atoms with Crippen molar-refractivity contribution >= 4 is 39.4 Å². The van der Waals surface area contributed by atoms with Crippen molar-refractivity contribution in [2.24, 2.45) is 0 Å². The van der Waals surface area contributed by atoms with E-state index in [0.29, 0.717) is 38.0 Å². The zero-order chi connectivity index (χ0) is 18.8. The number of anilines is 1. The quantitative estimate of drug-likeness (QED) is 0.512. The van der Waals surface area contributed by atoms with Crippen LogP contribution in [0.25, 0.3) is 10.8 Å². The van der Waals surface area contributed by atoms with Gasteiger partial charge in [0, 0.05) is 60.6 Å². The average Bonchev–Trinajstić information content (AvgIpc) is 3.20. The van der Waals surface area contributed by atoms with Gasteiger partial charge in [0.25, 0.3) is 5.69 Å². The number of fused-ring (bicyclic) bond motifs is 1. The zero-order valence-electron chi connectivity index (χ0n) is 14.6. The Balaban J connectivity index is 1.51. The molecule has 0 spiro atoms. The van der Waals surface area contributed by atoms with Crippen LogP contribution in [0.3, 0.4) is 0 Å². The molecular formula is C19H18N4O3S. The summed E-state index contributed by atoms with van der Waals surface area (Å²) >= 11 is 1.60. The SMILES string of the molecule is O=C(Cc1cccs1)N1CCN(c2ccc([N+](=O)[O-])c3cnccc23)CC1. The molecule has 0 bridgehead atoms. The highest BCUT2D eigenvalue weighted by Crippen LogP contribution is 2.33. The molecule has 1 aliphatic rings. The fourth-order valence-electron chi connectivity index (χ4n) is 3.47. The lowest BCUT2D eigenvalue weighted by atomic mass is 10.1. The Morgan fingerprint density at radius 2 is 1.96 bits per heavy atom. The molecule has 1 aromatic carbocycles. The molecule has 1 saturated heterocycles. The van der Waals surface area contributed by atoms with Gasteiger partial charge in [-0.2, -0.15) is 0 Å². The minimum absolute atomic E-state index is 0.0617. The summed E-state index contributed by atoms with van der Waals surface area (Å²) in [7, 11) is 0. The number of rotatable bonds is 4. The Hall–Kier alpha value is -3.00. The highest BCUT2D eigenvalue weighted by Gasteiger charge is 2.24. The van der Waals surface area contributed by atoms with Gasteiger partial charge in [-0.05, 0) is 23.6 Å². The summed E-state index contributed by atoms with van der Waals surface area (Å²) in [5.74, 6) is 0.148. The van der Waals surface area contributed by atoms with Crippen LogP contribution in [0.1, 0.15) is 4.88 Å². The number of pyridine rings is 1. The van der Waals surface area contributed by atoms with Crippen LogP contribution >= 0.6 is 11.3 Å². The van der Waals surface area contributed by atoms with Crippen molar-refractivity contribution < 1.29 is 9.72 Å². The smallest absolute Gasteiger partial charge is 0.278 e. The van der Waals surface area contributed by atoms with Crippen LogP contribution in [0.5, 0.6) is 0 Å². The lowest BCUT2D eigenvalue weighted by molar-refractivity contribution is -0.383. The number of nitro benzene ring substituents is 1. The first-order valence-corrected chi connectivity index (χ1v) is 9.57. The molecule has 0 unspecified atom stereocenters. The van der Waals surface area contributed by atoms with E-state index in [9.17, 15) is 14.9 Å². The highest BCUT2D eigenvalue weighted by molar-refractivity contribution is 7.10. The molecule has 2 aromatic heterocycles. The Morgan fingerprint density at radius 3 is 2.67 bits per heavy atom. The van der Waals surface area contributed by atoms with Gasteiger partial charge in [-0.25, -0.2) is 0 Å². The lowest BCUT2D eigenvalue weighted by Crippen LogP contribution is -2.49. The maximum absolute atomic E-state index is 12.5. The number of nitrogens with zero attached hydrogens (tertiary/aromatic N) is 4. The first-order valence-electron chi connectivity index (χ1n) is 8.70. The average molecular weight is 382 g/mol. The van der Waals surface area contributed by atoms with Gasteiger partial charge in [0.2, 0.25) is 5.91 Å². The third kappa shape index (κ3) is 3.48. The van der Waals surface area contributed by atoms with Gasteiger partial charge in [-0.1, -0.05) is 6.07 Å². The number of amides is 1. The minimum atomic E-state index is -0.380. The Labute approximate surface area is 160 Å². The Bertz CT molecular complexity index is 982. The molecule has 0 saturated carbocycles. The Morgan fingerprint density at radius 1 is 1.15 bits per heavy atom. The maximum Gasteiger partial charge on any atom is 0.278 e. The van der Waals surface area contributed by atoms with Crippen LogP contribution in [-0.4, -0.2) is 46.9 Å². The van der Waals surface area contributed by atoms with E-state index in [-0.39, 0.29) is 16.5 Å². The topological polar surface area (TPSA) is 79.6 Å². The molecule has 3 aromatic rings.